The van der Waals surface area contributed by atoms with Crippen LogP contribution in [0.15, 0.2) is 18.2 Å². The van der Waals surface area contributed by atoms with Gasteiger partial charge in [-0.2, -0.15) is 15.0 Å². The normalized spacial score (nSPS) is 15.3. The molecule has 6 nitrogen and oxygen atoms in total. The van der Waals surface area contributed by atoms with Crippen LogP contribution < -0.4 is 15.8 Å². The van der Waals surface area contributed by atoms with Gasteiger partial charge in [0.2, 0.25) is 11.9 Å². The summed E-state index contributed by atoms with van der Waals surface area (Å²) in [6, 6.07) is 6.23. The average Bonchev–Trinajstić information content (AvgIpc) is 3.30. The molecule has 6 heteroatoms. The van der Waals surface area contributed by atoms with Crippen LogP contribution in [0.5, 0.6) is 5.75 Å². The first kappa shape index (κ1) is 15.5. The predicted octanol–water partition coefficient (Wildman–Crippen LogP) is 2.83. The minimum atomic E-state index is 0.0598. The van der Waals surface area contributed by atoms with Gasteiger partial charge >= 0.3 is 0 Å². The van der Waals surface area contributed by atoms with Gasteiger partial charge in [0.25, 0.3) is 0 Å². The molecule has 0 radical (unpaired) electrons. The minimum Gasteiger partial charge on any atom is -0.491 e. The second-order valence-corrected chi connectivity index (χ2v) is 6.28. The molecule has 1 saturated carbocycles. The van der Waals surface area contributed by atoms with E-state index in [-0.39, 0.29) is 12.0 Å². The van der Waals surface area contributed by atoms with Gasteiger partial charge in [0, 0.05) is 5.92 Å². The van der Waals surface area contributed by atoms with Crippen LogP contribution in [-0.4, -0.2) is 27.6 Å². The zero-order valence-corrected chi connectivity index (χ0v) is 13.8. The van der Waals surface area contributed by atoms with Crippen molar-refractivity contribution in [1.82, 2.24) is 15.0 Å². The molecular weight excluding hydrogens is 290 g/mol. The number of benzene rings is 1. The second kappa shape index (κ2) is 6.40. The third kappa shape index (κ3) is 4.09. The summed E-state index contributed by atoms with van der Waals surface area (Å²) in [5, 5.41) is 3.24. The number of aryl methyl sites for hydroxylation is 2. The molecule has 1 atom stereocenters. The average molecular weight is 313 g/mol. The van der Waals surface area contributed by atoms with E-state index in [0.29, 0.717) is 18.5 Å². The maximum atomic E-state index is 5.88. The lowest BCUT2D eigenvalue weighted by molar-refractivity contribution is 0.301. The van der Waals surface area contributed by atoms with Crippen molar-refractivity contribution in [2.75, 3.05) is 17.7 Å². The minimum absolute atomic E-state index is 0.0598. The van der Waals surface area contributed by atoms with Crippen LogP contribution >= 0.6 is 0 Å². The fourth-order valence-corrected chi connectivity index (χ4v) is 2.44. The molecule has 1 fully saturated rings. The summed E-state index contributed by atoms with van der Waals surface area (Å²) < 4.78 is 5.88. The molecule has 2 aromatic rings. The highest BCUT2D eigenvalue weighted by atomic mass is 16.5. The van der Waals surface area contributed by atoms with Crippen molar-refractivity contribution in [1.29, 1.82) is 0 Å². The molecule has 1 heterocycles. The van der Waals surface area contributed by atoms with E-state index in [1.54, 1.807) is 0 Å². The molecule has 23 heavy (non-hydrogen) atoms. The first-order valence-electron chi connectivity index (χ1n) is 7.99. The maximum Gasteiger partial charge on any atom is 0.228 e. The van der Waals surface area contributed by atoms with Gasteiger partial charge in [-0.15, -0.1) is 0 Å². The van der Waals surface area contributed by atoms with Crippen molar-refractivity contribution < 1.29 is 4.74 Å². The lowest BCUT2D eigenvalue weighted by atomic mass is 10.1. The quantitative estimate of drug-likeness (QED) is 0.853. The van der Waals surface area contributed by atoms with Crippen molar-refractivity contribution in [2.24, 2.45) is 0 Å². The fourth-order valence-electron chi connectivity index (χ4n) is 2.44. The molecule has 0 aliphatic heterocycles. The molecule has 1 aromatic heterocycles. The number of nitrogens with two attached hydrogens (primary N) is 1. The standard InChI is InChI=1S/C17H23N5O/c1-10-4-7-14(11(2)8-10)23-9-12(3)19-17-21-15(13-5-6-13)20-16(18)22-17/h4,7-8,12-13H,5-6,9H2,1-3H3,(H3,18,19,20,21,22). The number of hydrogen-bond acceptors (Lipinski definition) is 6. The Kier molecular flexibility index (Phi) is 4.32. The Labute approximate surface area is 136 Å². The van der Waals surface area contributed by atoms with Crippen molar-refractivity contribution in [3.8, 4) is 5.75 Å². The lowest BCUT2D eigenvalue weighted by Gasteiger charge is -2.16. The third-order valence-corrected chi connectivity index (χ3v) is 3.81. The van der Waals surface area contributed by atoms with Gasteiger partial charge < -0.3 is 15.8 Å². The van der Waals surface area contributed by atoms with E-state index in [1.165, 1.54) is 5.56 Å². The van der Waals surface area contributed by atoms with Gasteiger partial charge in [-0.05, 0) is 45.2 Å². The molecule has 0 amide bonds. The van der Waals surface area contributed by atoms with Crippen LogP contribution in [0.1, 0.15) is 42.6 Å². The van der Waals surface area contributed by atoms with E-state index in [0.717, 1.165) is 30.0 Å². The predicted molar refractivity (Wildman–Crippen MR) is 90.7 cm³/mol. The highest BCUT2D eigenvalue weighted by Crippen LogP contribution is 2.38. The van der Waals surface area contributed by atoms with Crippen molar-refractivity contribution in [3.63, 3.8) is 0 Å². The van der Waals surface area contributed by atoms with Crippen molar-refractivity contribution in [2.45, 2.75) is 45.6 Å². The van der Waals surface area contributed by atoms with E-state index in [1.807, 2.05) is 13.0 Å². The Morgan fingerprint density at radius 1 is 1.26 bits per heavy atom. The van der Waals surface area contributed by atoms with Crippen LogP contribution in [0.25, 0.3) is 0 Å². The van der Waals surface area contributed by atoms with Crippen LogP contribution in [0, 0.1) is 13.8 Å². The van der Waals surface area contributed by atoms with Gasteiger partial charge in [0.15, 0.2) is 0 Å². The molecular formula is C17H23N5O. The summed E-state index contributed by atoms with van der Waals surface area (Å²) in [6.45, 7) is 6.67. The lowest BCUT2D eigenvalue weighted by Crippen LogP contribution is -2.25. The number of anilines is 2. The first-order chi connectivity index (χ1) is 11.0. The first-order valence-corrected chi connectivity index (χ1v) is 7.99. The van der Waals surface area contributed by atoms with E-state index >= 15 is 0 Å². The molecule has 122 valence electrons. The van der Waals surface area contributed by atoms with Gasteiger partial charge in [0.05, 0.1) is 6.04 Å². The Bertz CT molecular complexity index is 699. The van der Waals surface area contributed by atoms with Crippen LogP contribution in [0.2, 0.25) is 0 Å². The summed E-state index contributed by atoms with van der Waals surface area (Å²) in [6.07, 6.45) is 2.27. The topological polar surface area (TPSA) is 86.0 Å². The summed E-state index contributed by atoms with van der Waals surface area (Å²) in [4.78, 5) is 12.8. The second-order valence-electron chi connectivity index (χ2n) is 6.28. The van der Waals surface area contributed by atoms with Gasteiger partial charge in [-0.3, -0.25) is 0 Å². The smallest absolute Gasteiger partial charge is 0.228 e. The van der Waals surface area contributed by atoms with Gasteiger partial charge in [-0.1, -0.05) is 17.7 Å². The third-order valence-electron chi connectivity index (χ3n) is 3.81. The van der Waals surface area contributed by atoms with E-state index in [4.69, 9.17) is 10.5 Å². The molecule has 0 spiro atoms. The van der Waals surface area contributed by atoms with E-state index in [2.05, 4.69) is 46.2 Å². The van der Waals surface area contributed by atoms with Crippen molar-refractivity contribution in [3.05, 3.63) is 35.2 Å². The SMILES string of the molecule is Cc1ccc(OCC(C)Nc2nc(N)nc(C3CC3)n2)c(C)c1. The largest absolute Gasteiger partial charge is 0.491 e. The molecule has 0 bridgehead atoms. The van der Waals surface area contributed by atoms with E-state index < -0.39 is 0 Å². The van der Waals surface area contributed by atoms with E-state index in [9.17, 15) is 0 Å². The number of hydrogen-bond donors (Lipinski definition) is 2. The summed E-state index contributed by atoms with van der Waals surface area (Å²) >= 11 is 0. The number of rotatable bonds is 6. The Balaban J connectivity index is 1.59. The Hall–Kier alpha value is -2.37. The zero-order chi connectivity index (χ0) is 16.4. The summed E-state index contributed by atoms with van der Waals surface area (Å²) in [5.41, 5.74) is 8.13. The highest BCUT2D eigenvalue weighted by molar-refractivity contribution is 5.36. The number of ether oxygens (including phenoxy) is 1. The summed E-state index contributed by atoms with van der Waals surface area (Å²) in [5.74, 6) is 2.94. The van der Waals surface area contributed by atoms with Gasteiger partial charge in [0.1, 0.15) is 18.2 Å². The molecule has 3 N–H and O–H groups in total. The van der Waals surface area contributed by atoms with Crippen LogP contribution in [-0.2, 0) is 0 Å². The molecule has 1 unspecified atom stereocenters. The molecule has 1 aliphatic carbocycles. The number of nitrogens with one attached hydrogen (secondary N) is 1. The molecule has 0 saturated heterocycles. The molecule has 1 aliphatic rings. The van der Waals surface area contributed by atoms with Crippen LogP contribution in [0.3, 0.4) is 0 Å². The number of aromatic nitrogens is 3. The van der Waals surface area contributed by atoms with Crippen LogP contribution in [0.4, 0.5) is 11.9 Å². The molecule has 1 aromatic carbocycles. The zero-order valence-electron chi connectivity index (χ0n) is 13.8. The highest BCUT2D eigenvalue weighted by Gasteiger charge is 2.27. The Morgan fingerprint density at radius 2 is 2.04 bits per heavy atom. The fraction of sp³-hybridized carbons (Fsp3) is 0.471. The van der Waals surface area contributed by atoms with Gasteiger partial charge in [-0.25, -0.2) is 0 Å². The van der Waals surface area contributed by atoms with Crippen molar-refractivity contribution >= 4 is 11.9 Å². The number of nitrogens with zero attached hydrogens (tertiary/aromatic N) is 3. The number of nitrogen functional groups attached to an aromatic ring is 1. The summed E-state index contributed by atoms with van der Waals surface area (Å²) in [7, 11) is 0. The monoisotopic (exact) mass is 313 g/mol. The Morgan fingerprint density at radius 3 is 2.74 bits per heavy atom. The molecule has 3 rings (SSSR count). The maximum absolute atomic E-state index is 5.88.